The second kappa shape index (κ2) is 7.04. The number of carbonyl (C=O) groups is 1. The van der Waals surface area contributed by atoms with E-state index in [2.05, 4.69) is 0 Å². The summed E-state index contributed by atoms with van der Waals surface area (Å²) in [6, 6.07) is 9.82. The van der Waals surface area contributed by atoms with Gasteiger partial charge in [-0.1, -0.05) is 37.3 Å². The number of rotatable bonds is 7. The van der Waals surface area contributed by atoms with Crippen LogP contribution in [0.3, 0.4) is 0 Å². The van der Waals surface area contributed by atoms with Gasteiger partial charge in [0.1, 0.15) is 0 Å². The Balaban J connectivity index is 2.86. The summed E-state index contributed by atoms with van der Waals surface area (Å²) in [5.74, 6) is -0.816. The molecule has 0 saturated heterocycles. The van der Waals surface area contributed by atoms with E-state index in [1.165, 1.54) is 0 Å². The van der Waals surface area contributed by atoms with Crippen LogP contribution in [0, 0.1) is 0 Å². The topological polar surface area (TPSA) is 49.8 Å². The summed E-state index contributed by atoms with van der Waals surface area (Å²) in [6.07, 6.45) is 0. The molecule has 0 aliphatic carbocycles. The van der Waals surface area contributed by atoms with Crippen molar-refractivity contribution in [2.45, 2.75) is 13.0 Å². The van der Waals surface area contributed by atoms with Crippen LogP contribution in [0.4, 0.5) is 0 Å². The molecule has 0 radical (unpaired) electrons. The van der Waals surface area contributed by atoms with Crippen molar-refractivity contribution < 1.29 is 14.6 Å². The molecular weight excluding hydrogens is 218 g/mol. The summed E-state index contributed by atoms with van der Waals surface area (Å²) in [5.41, 5.74) is 1.08. The Hall–Kier alpha value is -1.39. The minimum absolute atomic E-state index is 0.0118. The Morgan fingerprint density at radius 2 is 2.06 bits per heavy atom. The van der Waals surface area contributed by atoms with Gasteiger partial charge in [0.25, 0.3) is 0 Å². The van der Waals surface area contributed by atoms with E-state index in [4.69, 9.17) is 9.84 Å². The molecule has 0 amide bonds. The van der Waals surface area contributed by atoms with Crippen LogP contribution < -0.4 is 0 Å². The van der Waals surface area contributed by atoms with Crippen molar-refractivity contribution in [1.29, 1.82) is 0 Å². The summed E-state index contributed by atoms with van der Waals surface area (Å²) in [6.45, 7) is 3.15. The summed E-state index contributed by atoms with van der Waals surface area (Å²) in [5, 5.41) is 8.90. The number of ether oxygens (including phenoxy) is 1. The van der Waals surface area contributed by atoms with Crippen molar-refractivity contribution >= 4 is 5.97 Å². The SMILES string of the molecule is CCN(CC(=O)O)C(COC)c1ccccc1. The first-order valence-corrected chi connectivity index (χ1v) is 5.68. The first kappa shape index (κ1) is 13.7. The highest BCUT2D eigenvalue weighted by atomic mass is 16.5. The predicted octanol–water partition coefficient (Wildman–Crippen LogP) is 1.78. The number of aliphatic carboxylic acids is 1. The predicted molar refractivity (Wildman–Crippen MR) is 65.9 cm³/mol. The van der Waals surface area contributed by atoms with Crippen molar-refractivity contribution in [2.75, 3.05) is 26.8 Å². The standard InChI is InChI=1S/C13H19NO3/c1-3-14(9-13(15)16)12(10-17-2)11-7-5-4-6-8-11/h4-8,12H,3,9-10H2,1-2H3,(H,15,16). The molecule has 0 saturated carbocycles. The van der Waals surface area contributed by atoms with E-state index in [0.717, 1.165) is 5.56 Å². The molecule has 4 nitrogen and oxygen atoms in total. The van der Waals surface area contributed by atoms with E-state index < -0.39 is 5.97 Å². The van der Waals surface area contributed by atoms with E-state index in [-0.39, 0.29) is 12.6 Å². The highest BCUT2D eigenvalue weighted by Crippen LogP contribution is 2.20. The summed E-state index contributed by atoms with van der Waals surface area (Å²) >= 11 is 0. The molecule has 1 N–H and O–H groups in total. The lowest BCUT2D eigenvalue weighted by atomic mass is 10.1. The average molecular weight is 237 g/mol. The van der Waals surface area contributed by atoms with Crippen LogP contribution in [0.5, 0.6) is 0 Å². The number of carboxylic acid groups (broad SMARTS) is 1. The maximum atomic E-state index is 10.8. The maximum Gasteiger partial charge on any atom is 0.317 e. The van der Waals surface area contributed by atoms with Gasteiger partial charge in [-0.15, -0.1) is 0 Å². The molecule has 1 aromatic rings. The lowest BCUT2D eigenvalue weighted by Crippen LogP contribution is -2.35. The van der Waals surface area contributed by atoms with Crippen LogP contribution in [0.1, 0.15) is 18.5 Å². The zero-order valence-corrected chi connectivity index (χ0v) is 10.3. The molecule has 0 aliphatic rings. The molecule has 1 atom stereocenters. The molecule has 0 aromatic heterocycles. The number of likely N-dealkylation sites (N-methyl/N-ethyl adjacent to an activating group) is 1. The summed E-state index contributed by atoms with van der Waals surface area (Å²) in [7, 11) is 1.63. The van der Waals surface area contributed by atoms with Gasteiger partial charge < -0.3 is 9.84 Å². The third-order valence-electron chi connectivity index (χ3n) is 2.69. The molecule has 0 bridgehead atoms. The zero-order valence-electron chi connectivity index (χ0n) is 10.3. The number of benzene rings is 1. The van der Waals surface area contributed by atoms with Gasteiger partial charge in [-0.25, -0.2) is 0 Å². The van der Waals surface area contributed by atoms with Crippen molar-refractivity contribution in [3.8, 4) is 0 Å². The van der Waals surface area contributed by atoms with Crippen molar-refractivity contribution in [3.63, 3.8) is 0 Å². The van der Waals surface area contributed by atoms with Gasteiger partial charge in [0, 0.05) is 7.11 Å². The van der Waals surface area contributed by atoms with Crippen molar-refractivity contribution in [3.05, 3.63) is 35.9 Å². The number of carboxylic acids is 1. The van der Waals surface area contributed by atoms with E-state index in [9.17, 15) is 4.79 Å². The molecular formula is C13H19NO3. The fraction of sp³-hybridized carbons (Fsp3) is 0.462. The smallest absolute Gasteiger partial charge is 0.317 e. The molecule has 0 fully saturated rings. The number of nitrogens with zero attached hydrogens (tertiary/aromatic N) is 1. The molecule has 0 heterocycles. The fourth-order valence-electron chi connectivity index (χ4n) is 1.86. The molecule has 4 heteroatoms. The minimum atomic E-state index is -0.816. The van der Waals surface area contributed by atoms with E-state index >= 15 is 0 Å². The average Bonchev–Trinajstić information content (AvgIpc) is 2.34. The Morgan fingerprint density at radius 1 is 1.41 bits per heavy atom. The highest BCUT2D eigenvalue weighted by Gasteiger charge is 2.20. The quantitative estimate of drug-likeness (QED) is 0.785. The van der Waals surface area contributed by atoms with Gasteiger partial charge in [-0.05, 0) is 12.1 Å². The van der Waals surface area contributed by atoms with Gasteiger partial charge in [0.05, 0.1) is 19.2 Å². The Labute approximate surface area is 102 Å². The second-order valence-electron chi connectivity index (χ2n) is 3.84. The number of hydrogen-bond donors (Lipinski definition) is 1. The van der Waals surface area contributed by atoms with Gasteiger partial charge in [-0.3, -0.25) is 9.69 Å². The molecule has 1 aromatic carbocycles. The Morgan fingerprint density at radius 3 is 2.53 bits per heavy atom. The van der Waals surface area contributed by atoms with Gasteiger partial charge in [0.15, 0.2) is 0 Å². The Kier molecular flexibility index (Phi) is 5.66. The van der Waals surface area contributed by atoms with E-state index in [1.807, 2.05) is 42.2 Å². The van der Waals surface area contributed by atoms with Crippen LogP contribution in [0.2, 0.25) is 0 Å². The van der Waals surface area contributed by atoms with Crippen LogP contribution in [-0.4, -0.2) is 42.8 Å². The summed E-state index contributed by atoms with van der Waals surface area (Å²) in [4.78, 5) is 12.7. The van der Waals surface area contributed by atoms with E-state index in [0.29, 0.717) is 13.2 Å². The molecule has 17 heavy (non-hydrogen) atoms. The third-order valence-corrected chi connectivity index (χ3v) is 2.69. The zero-order chi connectivity index (χ0) is 12.7. The van der Waals surface area contributed by atoms with Crippen LogP contribution in [-0.2, 0) is 9.53 Å². The molecule has 0 spiro atoms. The number of hydrogen-bond acceptors (Lipinski definition) is 3. The monoisotopic (exact) mass is 237 g/mol. The van der Waals surface area contributed by atoms with Crippen molar-refractivity contribution in [2.24, 2.45) is 0 Å². The third kappa shape index (κ3) is 4.17. The molecule has 1 unspecified atom stereocenters. The second-order valence-corrected chi connectivity index (χ2v) is 3.84. The lowest BCUT2D eigenvalue weighted by Gasteiger charge is -2.29. The summed E-state index contributed by atoms with van der Waals surface area (Å²) < 4.78 is 5.19. The number of methoxy groups -OCH3 is 1. The van der Waals surface area contributed by atoms with Gasteiger partial charge in [-0.2, -0.15) is 0 Å². The fourth-order valence-corrected chi connectivity index (χ4v) is 1.86. The first-order chi connectivity index (χ1) is 8.19. The van der Waals surface area contributed by atoms with Crippen molar-refractivity contribution in [1.82, 2.24) is 4.90 Å². The van der Waals surface area contributed by atoms with Gasteiger partial charge >= 0.3 is 5.97 Å². The first-order valence-electron chi connectivity index (χ1n) is 5.68. The minimum Gasteiger partial charge on any atom is -0.480 e. The largest absolute Gasteiger partial charge is 0.480 e. The van der Waals surface area contributed by atoms with Crippen LogP contribution in [0.25, 0.3) is 0 Å². The van der Waals surface area contributed by atoms with Crippen LogP contribution in [0.15, 0.2) is 30.3 Å². The van der Waals surface area contributed by atoms with Crippen LogP contribution >= 0.6 is 0 Å². The molecule has 94 valence electrons. The normalized spacial score (nSPS) is 12.6. The highest BCUT2D eigenvalue weighted by molar-refractivity contribution is 5.69. The maximum absolute atomic E-state index is 10.8. The molecule has 1 rings (SSSR count). The van der Waals surface area contributed by atoms with Gasteiger partial charge in [0.2, 0.25) is 0 Å². The lowest BCUT2D eigenvalue weighted by molar-refractivity contribution is -0.139. The van der Waals surface area contributed by atoms with E-state index in [1.54, 1.807) is 7.11 Å². The Bertz CT molecular complexity index is 340. The molecule has 0 aliphatic heterocycles.